The van der Waals surface area contributed by atoms with Crippen LogP contribution in [0.25, 0.3) is 16.5 Å². The average Bonchev–Trinajstić information content (AvgIpc) is 2.62. The van der Waals surface area contributed by atoms with E-state index in [2.05, 4.69) is 10.3 Å². The van der Waals surface area contributed by atoms with Gasteiger partial charge in [-0.1, -0.05) is 24.3 Å². The van der Waals surface area contributed by atoms with Crippen molar-refractivity contribution < 1.29 is 19.1 Å². The number of rotatable bonds is 4. The fourth-order valence-corrected chi connectivity index (χ4v) is 2.53. The van der Waals surface area contributed by atoms with Crippen LogP contribution in [0.3, 0.4) is 0 Å². The number of carbonyl (C=O) groups excluding carboxylic acids is 1. The van der Waals surface area contributed by atoms with E-state index in [4.69, 9.17) is 5.11 Å². The first-order valence-electron chi connectivity index (χ1n) is 7.82. The summed E-state index contributed by atoms with van der Waals surface area (Å²) >= 11 is 0. The van der Waals surface area contributed by atoms with Gasteiger partial charge < -0.3 is 10.4 Å². The Balaban J connectivity index is 1.85. The maximum atomic E-state index is 13.2. The van der Waals surface area contributed by atoms with Gasteiger partial charge in [-0.05, 0) is 42.8 Å². The van der Waals surface area contributed by atoms with Crippen LogP contribution in [0.2, 0.25) is 0 Å². The number of anilines is 1. The summed E-state index contributed by atoms with van der Waals surface area (Å²) in [7, 11) is 0. The minimum Gasteiger partial charge on any atom is -0.478 e. The van der Waals surface area contributed by atoms with Gasteiger partial charge in [0.05, 0.1) is 22.5 Å². The van der Waals surface area contributed by atoms with Gasteiger partial charge in [0.25, 0.3) is 0 Å². The highest BCUT2D eigenvalue weighted by Crippen LogP contribution is 2.19. The molecule has 0 saturated carbocycles. The molecule has 2 N–H and O–H groups in total. The number of carbonyl (C=O) groups is 2. The summed E-state index contributed by atoms with van der Waals surface area (Å²) in [6.07, 6.45) is 1.33. The van der Waals surface area contributed by atoms with Crippen molar-refractivity contribution in [3.05, 3.63) is 77.7 Å². The molecule has 0 saturated heterocycles. The Hall–Kier alpha value is -3.54. The number of aromatic nitrogens is 1. The summed E-state index contributed by atoms with van der Waals surface area (Å²) in [5, 5.41) is 12.6. The van der Waals surface area contributed by atoms with Gasteiger partial charge in [0, 0.05) is 11.5 Å². The number of aromatic carboxylic acids is 1. The highest BCUT2D eigenvalue weighted by Gasteiger charge is 2.13. The number of allylic oxidation sites excluding steroid dienone is 1. The number of hydrogen-bond acceptors (Lipinski definition) is 3. The number of hydrogen-bond donors (Lipinski definition) is 2. The van der Waals surface area contributed by atoms with Crippen LogP contribution >= 0.6 is 0 Å². The topological polar surface area (TPSA) is 79.3 Å². The number of para-hydroxylation sites is 1. The van der Waals surface area contributed by atoms with Crippen molar-refractivity contribution in [3.63, 3.8) is 0 Å². The van der Waals surface area contributed by atoms with Crippen molar-refractivity contribution in [2.24, 2.45) is 0 Å². The lowest BCUT2D eigenvalue weighted by Crippen LogP contribution is -2.13. The Morgan fingerprint density at radius 1 is 1.12 bits per heavy atom. The van der Waals surface area contributed by atoms with Crippen molar-refractivity contribution in [1.82, 2.24) is 4.98 Å². The number of carboxylic acid groups (broad SMARTS) is 1. The van der Waals surface area contributed by atoms with Gasteiger partial charge in [-0.3, -0.25) is 4.79 Å². The molecule has 0 aliphatic rings. The third-order valence-corrected chi connectivity index (χ3v) is 3.82. The Morgan fingerprint density at radius 2 is 1.88 bits per heavy atom. The fraction of sp³-hybridized carbons (Fsp3) is 0.0500. The number of pyridine rings is 1. The van der Waals surface area contributed by atoms with E-state index in [1.807, 2.05) is 36.4 Å². The maximum Gasteiger partial charge on any atom is 0.337 e. The number of halogens is 1. The highest BCUT2D eigenvalue weighted by atomic mass is 19.1. The lowest BCUT2D eigenvalue weighted by molar-refractivity contribution is -0.111. The van der Waals surface area contributed by atoms with Gasteiger partial charge in [-0.25, -0.2) is 14.2 Å². The quantitative estimate of drug-likeness (QED) is 0.694. The summed E-state index contributed by atoms with van der Waals surface area (Å²) in [4.78, 5) is 27.9. The molecular formula is C20H15FN2O3. The molecule has 130 valence electrons. The second kappa shape index (κ2) is 7.14. The van der Waals surface area contributed by atoms with Crippen LogP contribution in [-0.4, -0.2) is 22.0 Å². The SMILES string of the molecule is CC(=CC(=O)Nc1ccc(F)cc1C(=O)O)c1ccc2ccccc2n1. The van der Waals surface area contributed by atoms with Crippen LogP contribution in [0, 0.1) is 5.82 Å². The van der Waals surface area contributed by atoms with E-state index in [9.17, 15) is 14.0 Å². The fourth-order valence-electron chi connectivity index (χ4n) is 2.53. The van der Waals surface area contributed by atoms with Crippen molar-refractivity contribution >= 4 is 34.0 Å². The standard InChI is InChI=1S/C20H15FN2O3/c1-12(16-8-6-13-4-2-3-5-17(13)22-16)10-19(24)23-18-9-7-14(21)11-15(18)20(25)26/h2-11H,1H3,(H,23,24)(H,25,26). The monoisotopic (exact) mass is 350 g/mol. The van der Waals surface area contributed by atoms with Gasteiger partial charge >= 0.3 is 5.97 Å². The Morgan fingerprint density at radius 3 is 2.65 bits per heavy atom. The minimum atomic E-state index is -1.32. The normalized spacial score (nSPS) is 11.4. The lowest BCUT2D eigenvalue weighted by atomic mass is 10.1. The van der Waals surface area contributed by atoms with Crippen LogP contribution in [-0.2, 0) is 4.79 Å². The molecule has 0 spiro atoms. The zero-order valence-electron chi connectivity index (χ0n) is 13.9. The molecule has 5 nitrogen and oxygen atoms in total. The predicted molar refractivity (Wildman–Crippen MR) is 97.4 cm³/mol. The van der Waals surface area contributed by atoms with Gasteiger partial charge in [0.15, 0.2) is 0 Å². The summed E-state index contributed by atoms with van der Waals surface area (Å²) in [5.41, 5.74) is 1.78. The largest absolute Gasteiger partial charge is 0.478 e. The third kappa shape index (κ3) is 3.75. The number of benzene rings is 2. The van der Waals surface area contributed by atoms with Crippen molar-refractivity contribution in [2.45, 2.75) is 6.92 Å². The minimum absolute atomic E-state index is 0.0272. The van der Waals surface area contributed by atoms with Crippen LogP contribution in [0.15, 0.2) is 60.7 Å². The van der Waals surface area contributed by atoms with E-state index in [0.717, 1.165) is 23.0 Å². The van der Waals surface area contributed by atoms with E-state index >= 15 is 0 Å². The van der Waals surface area contributed by atoms with E-state index in [1.165, 1.54) is 12.1 Å². The van der Waals surface area contributed by atoms with E-state index in [0.29, 0.717) is 11.3 Å². The highest BCUT2D eigenvalue weighted by molar-refractivity contribution is 6.07. The third-order valence-electron chi connectivity index (χ3n) is 3.82. The molecule has 1 heterocycles. The maximum absolute atomic E-state index is 13.2. The number of nitrogens with zero attached hydrogens (tertiary/aromatic N) is 1. The molecule has 0 radical (unpaired) electrons. The molecule has 3 aromatic rings. The lowest BCUT2D eigenvalue weighted by Gasteiger charge is -2.08. The Labute approximate surface area is 148 Å². The molecule has 26 heavy (non-hydrogen) atoms. The molecule has 2 aromatic carbocycles. The first kappa shape index (κ1) is 17.3. The van der Waals surface area contributed by atoms with Crippen LogP contribution < -0.4 is 5.32 Å². The molecular weight excluding hydrogens is 335 g/mol. The van der Waals surface area contributed by atoms with Gasteiger partial charge in [-0.2, -0.15) is 0 Å². The molecule has 0 unspecified atom stereocenters. The number of fused-ring (bicyclic) bond motifs is 1. The van der Waals surface area contributed by atoms with E-state index in [1.54, 1.807) is 6.92 Å². The van der Waals surface area contributed by atoms with Gasteiger partial charge in [0.1, 0.15) is 5.82 Å². The van der Waals surface area contributed by atoms with E-state index < -0.39 is 17.7 Å². The number of nitrogens with one attached hydrogen (secondary N) is 1. The second-order valence-electron chi connectivity index (χ2n) is 5.70. The van der Waals surface area contributed by atoms with Crippen LogP contribution in [0.5, 0.6) is 0 Å². The van der Waals surface area contributed by atoms with Gasteiger partial charge in [0.2, 0.25) is 5.91 Å². The summed E-state index contributed by atoms with van der Waals surface area (Å²) in [5.74, 6) is -2.53. The molecule has 1 amide bonds. The zero-order chi connectivity index (χ0) is 18.7. The smallest absolute Gasteiger partial charge is 0.337 e. The Bertz CT molecular complexity index is 1040. The molecule has 0 fully saturated rings. The second-order valence-corrected chi connectivity index (χ2v) is 5.70. The molecule has 0 bridgehead atoms. The van der Waals surface area contributed by atoms with E-state index in [-0.39, 0.29) is 11.3 Å². The number of amides is 1. The van der Waals surface area contributed by atoms with Crippen molar-refractivity contribution in [3.8, 4) is 0 Å². The average molecular weight is 350 g/mol. The predicted octanol–water partition coefficient (Wildman–Crippen LogP) is 4.11. The summed E-state index contributed by atoms with van der Waals surface area (Å²) in [6.45, 7) is 1.74. The van der Waals surface area contributed by atoms with Crippen molar-refractivity contribution in [1.29, 1.82) is 0 Å². The molecule has 0 aliphatic heterocycles. The summed E-state index contributed by atoms with van der Waals surface area (Å²) in [6, 6.07) is 14.5. The molecule has 0 atom stereocenters. The molecule has 6 heteroatoms. The Kier molecular flexibility index (Phi) is 4.75. The first-order valence-corrected chi connectivity index (χ1v) is 7.82. The van der Waals surface area contributed by atoms with Crippen LogP contribution in [0.1, 0.15) is 23.0 Å². The van der Waals surface area contributed by atoms with Crippen LogP contribution in [0.4, 0.5) is 10.1 Å². The molecule has 1 aromatic heterocycles. The van der Waals surface area contributed by atoms with Crippen molar-refractivity contribution in [2.75, 3.05) is 5.32 Å². The number of carboxylic acids is 1. The molecule has 0 aliphatic carbocycles. The first-order chi connectivity index (χ1) is 12.4. The van der Waals surface area contributed by atoms with Gasteiger partial charge in [-0.15, -0.1) is 0 Å². The molecule has 3 rings (SSSR count). The summed E-state index contributed by atoms with van der Waals surface area (Å²) < 4.78 is 13.2. The zero-order valence-corrected chi connectivity index (χ0v) is 13.9.